The molecule has 150 valence electrons. The summed E-state index contributed by atoms with van der Waals surface area (Å²) in [7, 11) is 3.15. The van der Waals surface area contributed by atoms with E-state index in [2.05, 4.69) is 47.4 Å². The van der Waals surface area contributed by atoms with Crippen molar-refractivity contribution >= 4 is 16.7 Å². The summed E-state index contributed by atoms with van der Waals surface area (Å²) in [6.45, 7) is 3.96. The van der Waals surface area contributed by atoms with Gasteiger partial charge in [0.25, 0.3) is 5.91 Å². The van der Waals surface area contributed by atoms with Gasteiger partial charge in [0.2, 0.25) is 0 Å². The summed E-state index contributed by atoms with van der Waals surface area (Å²) in [5.74, 6) is 1.06. The average Bonchev–Trinajstić information content (AvgIpc) is 2.78. The average molecular weight is 390 g/mol. The van der Waals surface area contributed by atoms with E-state index in [9.17, 15) is 4.79 Å². The number of methoxy groups -OCH3 is 2. The molecule has 0 aromatic heterocycles. The van der Waals surface area contributed by atoms with Gasteiger partial charge in [0.15, 0.2) is 0 Å². The highest BCUT2D eigenvalue weighted by atomic mass is 16.5. The van der Waals surface area contributed by atoms with Crippen molar-refractivity contribution < 1.29 is 14.3 Å². The van der Waals surface area contributed by atoms with Gasteiger partial charge in [-0.15, -0.1) is 0 Å². The maximum atomic E-state index is 13.1. The van der Waals surface area contributed by atoms with Gasteiger partial charge in [-0.3, -0.25) is 9.69 Å². The topological polar surface area (TPSA) is 42.0 Å². The number of carbonyl (C=O) groups is 1. The van der Waals surface area contributed by atoms with Gasteiger partial charge in [0.1, 0.15) is 17.1 Å². The lowest BCUT2D eigenvalue weighted by Crippen LogP contribution is -2.48. The lowest BCUT2D eigenvalue weighted by molar-refractivity contribution is 0.0622. The van der Waals surface area contributed by atoms with Crippen LogP contribution in [0.5, 0.6) is 11.5 Å². The van der Waals surface area contributed by atoms with E-state index in [0.717, 1.165) is 19.6 Å². The summed E-state index contributed by atoms with van der Waals surface area (Å²) in [4.78, 5) is 17.4. The summed E-state index contributed by atoms with van der Waals surface area (Å²) in [5, 5.41) is 2.53. The largest absolute Gasteiger partial charge is 0.496 e. The highest BCUT2D eigenvalue weighted by Crippen LogP contribution is 2.30. The lowest BCUT2D eigenvalue weighted by Gasteiger charge is -2.35. The maximum Gasteiger partial charge on any atom is 0.261 e. The Kier molecular flexibility index (Phi) is 5.67. The number of fused-ring (bicyclic) bond motifs is 1. The van der Waals surface area contributed by atoms with Crippen LogP contribution in [-0.2, 0) is 6.54 Å². The highest BCUT2D eigenvalue weighted by molar-refractivity contribution is 5.99. The molecular weight excluding hydrogens is 364 g/mol. The van der Waals surface area contributed by atoms with Crippen LogP contribution in [0.25, 0.3) is 10.8 Å². The second-order valence-corrected chi connectivity index (χ2v) is 7.29. The number of ether oxygens (including phenoxy) is 2. The van der Waals surface area contributed by atoms with Crippen LogP contribution in [0, 0.1) is 0 Å². The van der Waals surface area contributed by atoms with Crippen molar-refractivity contribution in [3.63, 3.8) is 0 Å². The smallest absolute Gasteiger partial charge is 0.261 e. The third-order valence-electron chi connectivity index (χ3n) is 5.52. The molecule has 5 nitrogen and oxygen atoms in total. The fourth-order valence-corrected chi connectivity index (χ4v) is 3.92. The molecule has 1 fully saturated rings. The minimum absolute atomic E-state index is 0.0374. The van der Waals surface area contributed by atoms with Crippen molar-refractivity contribution in [3.8, 4) is 11.5 Å². The molecule has 3 aromatic carbocycles. The number of nitrogens with zero attached hydrogens (tertiary/aromatic N) is 2. The molecule has 1 heterocycles. The first-order valence-corrected chi connectivity index (χ1v) is 9.90. The highest BCUT2D eigenvalue weighted by Gasteiger charge is 2.27. The van der Waals surface area contributed by atoms with Gasteiger partial charge in [-0.2, -0.15) is 0 Å². The van der Waals surface area contributed by atoms with Gasteiger partial charge in [0, 0.05) is 32.7 Å². The van der Waals surface area contributed by atoms with E-state index >= 15 is 0 Å². The SMILES string of the molecule is COc1cccc(OC)c1C(=O)N1CCN(Cc2ccc3ccccc3c2)CC1. The molecule has 29 heavy (non-hydrogen) atoms. The molecule has 0 aliphatic carbocycles. The fourth-order valence-electron chi connectivity index (χ4n) is 3.92. The van der Waals surface area contributed by atoms with Crippen molar-refractivity contribution in [1.29, 1.82) is 0 Å². The molecule has 0 bridgehead atoms. The Balaban J connectivity index is 1.42. The fraction of sp³-hybridized carbons (Fsp3) is 0.292. The predicted molar refractivity (Wildman–Crippen MR) is 115 cm³/mol. The molecule has 1 amide bonds. The second kappa shape index (κ2) is 8.53. The van der Waals surface area contributed by atoms with Gasteiger partial charge in [-0.1, -0.05) is 42.5 Å². The first-order chi connectivity index (χ1) is 14.2. The Labute approximate surface area is 171 Å². The number of rotatable bonds is 5. The standard InChI is InChI=1S/C24H26N2O3/c1-28-21-8-5-9-22(29-2)23(21)24(27)26-14-12-25(13-15-26)17-18-10-11-19-6-3-4-7-20(19)16-18/h3-11,16H,12-15,17H2,1-2H3. The monoisotopic (exact) mass is 390 g/mol. The molecule has 4 rings (SSSR count). The molecular formula is C24H26N2O3. The molecule has 3 aromatic rings. The van der Waals surface area contributed by atoms with Crippen LogP contribution in [0.3, 0.4) is 0 Å². The number of piperazine rings is 1. The lowest BCUT2D eigenvalue weighted by atomic mass is 10.1. The van der Waals surface area contributed by atoms with Crippen LogP contribution in [0.15, 0.2) is 60.7 Å². The number of carbonyl (C=O) groups excluding carboxylic acids is 1. The van der Waals surface area contributed by atoms with Crippen molar-refractivity contribution in [1.82, 2.24) is 9.80 Å². The molecule has 5 heteroatoms. The Morgan fingerprint density at radius 2 is 1.48 bits per heavy atom. The van der Waals surface area contributed by atoms with E-state index < -0.39 is 0 Å². The first kappa shape index (κ1) is 19.3. The molecule has 0 saturated carbocycles. The maximum absolute atomic E-state index is 13.1. The molecule has 0 unspecified atom stereocenters. The number of amides is 1. The van der Waals surface area contributed by atoms with E-state index in [4.69, 9.17) is 9.47 Å². The minimum Gasteiger partial charge on any atom is -0.496 e. The van der Waals surface area contributed by atoms with Crippen LogP contribution < -0.4 is 9.47 Å². The Morgan fingerprint density at radius 3 is 2.14 bits per heavy atom. The zero-order valence-electron chi connectivity index (χ0n) is 16.9. The van der Waals surface area contributed by atoms with Gasteiger partial charge >= 0.3 is 0 Å². The number of hydrogen-bond donors (Lipinski definition) is 0. The summed E-state index contributed by atoms with van der Waals surface area (Å²) < 4.78 is 10.8. The van der Waals surface area contributed by atoms with Crippen molar-refractivity contribution in [3.05, 3.63) is 71.8 Å². The van der Waals surface area contributed by atoms with Gasteiger partial charge in [-0.05, 0) is 34.5 Å². The van der Waals surface area contributed by atoms with E-state index in [-0.39, 0.29) is 5.91 Å². The van der Waals surface area contributed by atoms with Crippen LogP contribution >= 0.6 is 0 Å². The molecule has 0 atom stereocenters. The van der Waals surface area contributed by atoms with Crippen molar-refractivity contribution in [2.45, 2.75) is 6.54 Å². The zero-order chi connectivity index (χ0) is 20.2. The van der Waals surface area contributed by atoms with E-state index in [1.54, 1.807) is 26.4 Å². The molecule has 1 aliphatic heterocycles. The summed E-state index contributed by atoms with van der Waals surface area (Å²) in [6.07, 6.45) is 0. The van der Waals surface area contributed by atoms with Crippen molar-refractivity contribution in [2.24, 2.45) is 0 Å². The van der Waals surface area contributed by atoms with Gasteiger partial charge in [-0.25, -0.2) is 0 Å². The van der Waals surface area contributed by atoms with Crippen LogP contribution in [0.4, 0.5) is 0 Å². The predicted octanol–water partition coefficient (Wildman–Crippen LogP) is 3.82. The summed E-state index contributed by atoms with van der Waals surface area (Å²) in [6, 6.07) is 20.5. The number of hydrogen-bond acceptors (Lipinski definition) is 4. The molecule has 0 radical (unpaired) electrons. The molecule has 1 aliphatic rings. The van der Waals surface area contributed by atoms with Gasteiger partial charge in [0.05, 0.1) is 14.2 Å². The normalized spacial score (nSPS) is 14.8. The summed E-state index contributed by atoms with van der Waals surface area (Å²) >= 11 is 0. The Bertz CT molecular complexity index is 988. The van der Waals surface area contributed by atoms with Crippen LogP contribution in [0.2, 0.25) is 0 Å². The third-order valence-corrected chi connectivity index (χ3v) is 5.52. The zero-order valence-corrected chi connectivity index (χ0v) is 16.9. The summed E-state index contributed by atoms with van der Waals surface area (Å²) in [5.41, 5.74) is 1.80. The minimum atomic E-state index is -0.0374. The Hall–Kier alpha value is -3.05. The molecule has 0 spiro atoms. The quantitative estimate of drug-likeness (QED) is 0.664. The van der Waals surface area contributed by atoms with Crippen molar-refractivity contribution in [2.75, 3.05) is 40.4 Å². The van der Waals surface area contributed by atoms with E-state index in [1.165, 1.54) is 16.3 Å². The Morgan fingerprint density at radius 1 is 0.828 bits per heavy atom. The van der Waals surface area contributed by atoms with Crippen LogP contribution in [-0.4, -0.2) is 56.1 Å². The molecule has 0 N–H and O–H groups in total. The van der Waals surface area contributed by atoms with Crippen LogP contribution in [0.1, 0.15) is 15.9 Å². The second-order valence-electron chi connectivity index (χ2n) is 7.29. The van der Waals surface area contributed by atoms with E-state index in [0.29, 0.717) is 30.2 Å². The first-order valence-electron chi connectivity index (χ1n) is 9.90. The number of benzene rings is 3. The van der Waals surface area contributed by atoms with Gasteiger partial charge < -0.3 is 14.4 Å². The third kappa shape index (κ3) is 4.05. The molecule has 1 saturated heterocycles. The van der Waals surface area contributed by atoms with E-state index in [1.807, 2.05) is 11.0 Å².